The van der Waals surface area contributed by atoms with Crippen LogP contribution >= 0.6 is 24.8 Å². The van der Waals surface area contributed by atoms with E-state index in [1.54, 1.807) is 0 Å². The van der Waals surface area contributed by atoms with Gasteiger partial charge in [-0.2, -0.15) is 0 Å². The number of benzene rings is 1. The van der Waals surface area contributed by atoms with Gasteiger partial charge in [0.05, 0.1) is 5.54 Å². The molecule has 1 aromatic carbocycles. The van der Waals surface area contributed by atoms with Gasteiger partial charge >= 0.3 is 0 Å². The Hall–Kier alpha value is -0.970. The van der Waals surface area contributed by atoms with Gasteiger partial charge in [0.2, 0.25) is 5.91 Å². The summed E-state index contributed by atoms with van der Waals surface area (Å²) >= 11 is 0. The molecule has 1 fully saturated rings. The number of hydrogen-bond donors (Lipinski definition) is 2. The highest BCUT2D eigenvalue weighted by Crippen LogP contribution is 2.31. The van der Waals surface area contributed by atoms with Crippen LogP contribution in [0.4, 0.5) is 5.69 Å². The summed E-state index contributed by atoms with van der Waals surface area (Å²) in [6, 6.07) is 10.2. The molecule has 1 aliphatic rings. The van der Waals surface area contributed by atoms with Gasteiger partial charge in [0, 0.05) is 25.8 Å². The topological polar surface area (TPSA) is 58.4 Å². The molecule has 0 radical (unpaired) electrons. The second kappa shape index (κ2) is 8.35. The monoisotopic (exact) mass is 319 g/mol. The number of anilines is 1. The third-order valence-corrected chi connectivity index (χ3v) is 3.39. The molecule has 1 saturated carbocycles. The van der Waals surface area contributed by atoms with E-state index in [0.717, 1.165) is 25.8 Å². The van der Waals surface area contributed by atoms with Crippen molar-refractivity contribution in [2.24, 2.45) is 5.73 Å². The van der Waals surface area contributed by atoms with E-state index in [4.69, 9.17) is 5.73 Å². The zero-order valence-electron chi connectivity index (χ0n) is 11.7. The maximum absolute atomic E-state index is 11.6. The Balaban J connectivity index is 0.00000180. The molecule has 0 bridgehead atoms. The van der Waals surface area contributed by atoms with Crippen molar-refractivity contribution in [1.82, 2.24) is 5.32 Å². The Bertz CT molecular complexity index is 410. The Labute approximate surface area is 132 Å². The van der Waals surface area contributed by atoms with Crippen LogP contribution < -0.4 is 16.0 Å². The molecule has 0 aromatic heterocycles. The van der Waals surface area contributed by atoms with E-state index < -0.39 is 5.54 Å². The summed E-state index contributed by atoms with van der Waals surface area (Å²) < 4.78 is 0. The number of amides is 1. The standard InChI is InChI=1S/C14H21N3O.2ClH/c1-17(12-6-3-2-4-7-12)11-5-10-16-13(18)14(15)8-9-14;;/h2-4,6-7H,5,8-11,15H2,1H3,(H,16,18);2*1H. The first-order valence-electron chi connectivity index (χ1n) is 6.45. The highest BCUT2D eigenvalue weighted by molar-refractivity contribution is 5.88. The lowest BCUT2D eigenvalue weighted by atomic mass is 10.2. The van der Waals surface area contributed by atoms with E-state index in [0.29, 0.717) is 6.54 Å². The third kappa shape index (κ3) is 5.19. The highest BCUT2D eigenvalue weighted by atomic mass is 35.5. The number of para-hydroxylation sites is 1. The average Bonchev–Trinajstić information content (AvgIpc) is 3.14. The quantitative estimate of drug-likeness (QED) is 0.788. The summed E-state index contributed by atoms with van der Waals surface area (Å²) in [4.78, 5) is 13.8. The number of rotatable bonds is 6. The molecule has 4 nitrogen and oxygen atoms in total. The molecular weight excluding hydrogens is 297 g/mol. The van der Waals surface area contributed by atoms with Crippen molar-refractivity contribution < 1.29 is 4.79 Å². The fourth-order valence-corrected chi connectivity index (χ4v) is 1.87. The van der Waals surface area contributed by atoms with E-state index in [-0.39, 0.29) is 30.7 Å². The third-order valence-electron chi connectivity index (χ3n) is 3.39. The van der Waals surface area contributed by atoms with Crippen LogP contribution in [0.25, 0.3) is 0 Å². The molecule has 0 saturated heterocycles. The number of nitrogens with two attached hydrogens (primary N) is 1. The van der Waals surface area contributed by atoms with Crippen LogP contribution in [-0.4, -0.2) is 31.6 Å². The molecule has 1 aromatic rings. The fourth-order valence-electron chi connectivity index (χ4n) is 1.87. The Morgan fingerprint density at radius 1 is 1.30 bits per heavy atom. The van der Waals surface area contributed by atoms with Crippen LogP contribution in [0.3, 0.4) is 0 Å². The predicted molar refractivity (Wildman–Crippen MR) is 88.0 cm³/mol. The maximum Gasteiger partial charge on any atom is 0.240 e. The molecule has 0 aliphatic heterocycles. The van der Waals surface area contributed by atoms with Gasteiger partial charge in [-0.05, 0) is 31.4 Å². The summed E-state index contributed by atoms with van der Waals surface area (Å²) in [5, 5.41) is 2.90. The molecule has 0 atom stereocenters. The summed E-state index contributed by atoms with van der Waals surface area (Å²) in [5.41, 5.74) is 6.45. The van der Waals surface area contributed by atoms with Crippen molar-refractivity contribution in [3.05, 3.63) is 30.3 Å². The van der Waals surface area contributed by atoms with Crippen molar-refractivity contribution >= 4 is 36.4 Å². The molecule has 3 N–H and O–H groups in total. The molecule has 0 spiro atoms. The van der Waals surface area contributed by atoms with Gasteiger partial charge in [-0.25, -0.2) is 0 Å². The molecule has 0 unspecified atom stereocenters. The minimum atomic E-state index is -0.550. The van der Waals surface area contributed by atoms with Gasteiger partial charge in [0.25, 0.3) is 0 Å². The van der Waals surface area contributed by atoms with Crippen molar-refractivity contribution in [3.63, 3.8) is 0 Å². The Morgan fingerprint density at radius 3 is 2.45 bits per heavy atom. The van der Waals surface area contributed by atoms with Gasteiger partial charge < -0.3 is 16.0 Å². The van der Waals surface area contributed by atoms with Gasteiger partial charge in [-0.15, -0.1) is 24.8 Å². The van der Waals surface area contributed by atoms with Gasteiger partial charge in [-0.3, -0.25) is 4.79 Å². The van der Waals surface area contributed by atoms with Crippen molar-refractivity contribution in [1.29, 1.82) is 0 Å². The van der Waals surface area contributed by atoms with Crippen LogP contribution in [0.2, 0.25) is 0 Å². The first-order valence-corrected chi connectivity index (χ1v) is 6.45. The second-order valence-corrected chi connectivity index (χ2v) is 5.02. The molecule has 1 aliphatic carbocycles. The van der Waals surface area contributed by atoms with Crippen molar-refractivity contribution in [2.75, 3.05) is 25.0 Å². The Morgan fingerprint density at radius 2 is 1.90 bits per heavy atom. The minimum Gasteiger partial charge on any atom is -0.375 e. The lowest BCUT2D eigenvalue weighted by Gasteiger charge is -2.19. The first kappa shape index (κ1) is 19.0. The molecule has 20 heavy (non-hydrogen) atoms. The lowest BCUT2D eigenvalue weighted by Crippen LogP contribution is -2.43. The number of carbonyl (C=O) groups excluding carboxylic acids is 1. The SMILES string of the molecule is CN(CCCNC(=O)C1(N)CC1)c1ccccc1.Cl.Cl. The van der Waals surface area contributed by atoms with Crippen LogP contribution in [-0.2, 0) is 4.79 Å². The van der Waals surface area contributed by atoms with E-state index in [2.05, 4.69) is 29.4 Å². The normalized spacial score (nSPS) is 14.5. The zero-order valence-corrected chi connectivity index (χ0v) is 13.3. The smallest absolute Gasteiger partial charge is 0.240 e. The molecule has 2 rings (SSSR count). The zero-order chi connectivity index (χ0) is 13.0. The van der Waals surface area contributed by atoms with Crippen LogP contribution in [0.5, 0.6) is 0 Å². The van der Waals surface area contributed by atoms with Gasteiger partial charge in [-0.1, -0.05) is 18.2 Å². The van der Waals surface area contributed by atoms with E-state index in [9.17, 15) is 4.79 Å². The number of halogens is 2. The van der Waals surface area contributed by atoms with Gasteiger partial charge in [0.1, 0.15) is 0 Å². The summed E-state index contributed by atoms with van der Waals surface area (Å²) in [5.74, 6) is 0.00450. The summed E-state index contributed by atoms with van der Waals surface area (Å²) in [6.07, 6.45) is 2.57. The molecule has 1 amide bonds. The fraction of sp³-hybridized carbons (Fsp3) is 0.500. The van der Waals surface area contributed by atoms with Crippen LogP contribution in [0.15, 0.2) is 30.3 Å². The Kier molecular flexibility index (Phi) is 7.94. The van der Waals surface area contributed by atoms with E-state index >= 15 is 0 Å². The average molecular weight is 320 g/mol. The molecule has 6 heteroatoms. The second-order valence-electron chi connectivity index (χ2n) is 5.02. The number of nitrogens with one attached hydrogen (secondary N) is 1. The lowest BCUT2D eigenvalue weighted by molar-refractivity contribution is -0.123. The maximum atomic E-state index is 11.6. The van der Waals surface area contributed by atoms with Crippen molar-refractivity contribution in [2.45, 2.75) is 24.8 Å². The van der Waals surface area contributed by atoms with Crippen LogP contribution in [0.1, 0.15) is 19.3 Å². The van der Waals surface area contributed by atoms with E-state index in [1.165, 1.54) is 5.69 Å². The predicted octanol–water partition coefficient (Wildman–Crippen LogP) is 1.96. The summed E-state index contributed by atoms with van der Waals surface area (Å²) in [6.45, 7) is 1.61. The van der Waals surface area contributed by atoms with E-state index in [1.807, 2.05) is 18.2 Å². The number of hydrogen-bond acceptors (Lipinski definition) is 3. The molecule has 0 heterocycles. The largest absolute Gasteiger partial charge is 0.375 e. The van der Waals surface area contributed by atoms with Crippen LogP contribution in [0, 0.1) is 0 Å². The highest BCUT2D eigenvalue weighted by Gasteiger charge is 2.45. The number of carbonyl (C=O) groups is 1. The molecular formula is C14H23Cl2N3O. The minimum absolute atomic E-state index is 0. The number of nitrogens with zero attached hydrogens (tertiary/aromatic N) is 1. The first-order chi connectivity index (χ1) is 8.62. The molecule has 114 valence electrons. The van der Waals surface area contributed by atoms with Gasteiger partial charge in [0.15, 0.2) is 0 Å². The summed E-state index contributed by atoms with van der Waals surface area (Å²) in [7, 11) is 2.06. The van der Waals surface area contributed by atoms with Crippen molar-refractivity contribution in [3.8, 4) is 0 Å².